The summed E-state index contributed by atoms with van der Waals surface area (Å²) in [5.41, 5.74) is -4.89. The molecule has 1 aliphatic heterocycles. The molecule has 1 aromatic carbocycles. The number of hydrogen-bond donors (Lipinski definition) is 0. The zero-order chi connectivity index (χ0) is 17.3. The standard InChI is InChI=1S/C15H17ClF3NO2S/c1-2-8-20-9-6-11(7-10-20)12-4-3-5-13(14(12)16)23(21,22)15(17,18)19/h2-5,11H,1,6-10H2. The van der Waals surface area contributed by atoms with Crippen LogP contribution < -0.4 is 0 Å². The van der Waals surface area contributed by atoms with Gasteiger partial charge in [-0.2, -0.15) is 13.2 Å². The lowest BCUT2D eigenvalue weighted by Gasteiger charge is -2.32. The van der Waals surface area contributed by atoms with Crippen molar-refractivity contribution in [2.24, 2.45) is 0 Å². The van der Waals surface area contributed by atoms with Gasteiger partial charge in [0.25, 0.3) is 9.84 Å². The highest BCUT2D eigenvalue weighted by Crippen LogP contribution is 2.40. The fourth-order valence-electron chi connectivity index (χ4n) is 2.78. The van der Waals surface area contributed by atoms with E-state index in [1.54, 1.807) is 12.1 Å². The molecular formula is C15H17ClF3NO2S. The van der Waals surface area contributed by atoms with Crippen LogP contribution in [0.1, 0.15) is 24.3 Å². The van der Waals surface area contributed by atoms with Gasteiger partial charge in [-0.05, 0) is 43.5 Å². The number of likely N-dealkylation sites (tertiary alicyclic amines) is 1. The molecule has 0 radical (unpaired) electrons. The van der Waals surface area contributed by atoms with Crippen LogP contribution in [0.5, 0.6) is 0 Å². The van der Waals surface area contributed by atoms with Crippen LogP contribution in [0.15, 0.2) is 35.7 Å². The topological polar surface area (TPSA) is 37.4 Å². The summed E-state index contributed by atoms with van der Waals surface area (Å²) in [6.45, 7) is 5.96. The number of piperidine rings is 1. The van der Waals surface area contributed by atoms with Crippen molar-refractivity contribution >= 4 is 21.4 Å². The minimum absolute atomic E-state index is 0.0491. The molecule has 1 aromatic rings. The Kier molecular flexibility index (Phi) is 5.43. The van der Waals surface area contributed by atoms with E-state index < -0.39 is 20.2 Å². The minimum Gasteiger partial charge on any atom is -0.300 e. The molecule has 0 spiro atoms. The van der Waals surface area contributed by atoms with Crippen LogP contribution in [0.3, 0.4) is 0 Å². The first-order valence-electron chi connectivity index (χ1n) is 7.11. The van der Waals surface area contributed by atoms with Gasteiger partial charge in [-0.3, -0.25) is 4.90 Å². The maximum absolute atomic E-state index is 12.7. The van der Waals surface area contributed by atoms with Crippen LogP contribution in [-0.2, 0) is 9.84 Å². The first kappa shape index (κ1) is 18.3. The Morgan fingerprint density at radius 1 is 1.30 bits per heavy atom. The summed E-state index contributed by atoms with van der Waals surface area (Å²) in [7, 11) is -5.44. The second-order valence-corrected chi connectivity index (χ2v) is 7.76. The molecule has 8 heteroatoms. The van der Waals surface area contributed by atoms with Gasteiger partial charge in [0.05, 0.1) is 9.92 Å². The minimum atomic E-state index is -5.44. The molecule has 1 heterocycles. The molecule has 0 aliphatic carbocycles. The Bertz CT molecular complexity index is 680. The van der Waals surface area contributed by atoms with Gasteiger partial charge < -0.3 is 0 Å². The summed E-state index contributed by atoms with van der Waals surface area (Å²) in [6, 6.07) is 3.82. The molecule has 0 atom stereocenters. The highest BCUT2D eigenvalue weighted by atomic mass is 35.5. The zero-order valence-corrected chi connectivity index (χ0v) is 13.9. The summed E-state index contributed by atoms with van der Waals surface area (Å²) < 4.78 is 61.5. The quantitative estimate of drug-likeness (QED) is 0.755. The number of benzene rings is 1. The van der Waals surface area contributed by atoms with Crippen molar-refractivity contribution in [2.45, 2.75) is 29.2 Å². The van der Waals surface area contributed by atoms with E-state index in [1.807, 2.05) is 0 Å². The SMILES string of the molecule is C=CCN1CCC(c2cccc(S(=O)(=O)C(F)(F)F)c2Cl)CC1. The van der Waals surface area contributed by atoms with Crippen LogP contribution >= 0.6 is 11.6 Å². The predicted octanol–water partition coefficient (Wildman–Crippen LogP) is 4.00. The summed E-state index contributed by atoms with van der Waals surface area (Å²) in [6.07, 6.45) is 3.22. The third-order valence-corrected chi connectivity index (χ3v) is 6.06. The van der Waals surface area contributed by atoms with Crippen molar-refractivity contribution in [3.63, 3.8) is 0 Å². The molecule has 0 bridgehead atoms. The van der Waals surface area contributed by atoms with Gasteiger partial charge in [-0.15, -0.1) is 6.58 Å². The van der Waals surface area contributed by atoms with Gasteiger partial charge in [0.2, 0.25) is 0 Å². The zero-order valence-electron chi connectivity index (χ0n) is 12.3. The van der Waals surface area contributed by atoms with Crippen molar-refractivity contribution < 1.29 is 21.6 Å². The average Bonchev–Trinajstić information content (AvgIpc) is 2.47. The van der Waals surface area contributed by atoms with E-state index in [1.165, 1.54) is 6.07 Å². The first-order chi connectivity index (χ1) is 10.7. The number of halogens is 4. The summed E-state index contributed by atoms with van der Waals surface area (Å²) in [5, 5.41) is -0.313. The molecule has 3 nitrogen and oxygen atoms in total. The van der Waals surface area contributed by atoms with Crippen LogP contribution in [0, 0.1) is 0 Å². The van der Waals surface area contributed by atoms with Crippen molar-refractivity contribution in [2.75, 3.05) is 19.6 Å². The Balaban J connectivity index is 2.30. The monoisotopic (exact) mass is 367 g/mol. The lowest BCUT2D eigenvalue weighted by Crippen LogP contribution is -2.33. The average molecular weight is 368 g/mol. The maximum atomic E-state index is 12.7. The third-order valence-electron chi connectivity index (χ3n) is 4.00. The summed E-state index contributed by atoms with van der Waals surface area (Å²) in [4.78, 5) is 1.31. The van der Waals surface area contributed by atoms with Crippen LogP contribution in [0.25, 0.3) is 0 Å². The van der Waals surface area contributed by atoms with E-state index in [2.05, 4.69) is 11.5 Å². The normalized spacial score (nSPS) is 18.1. The first-order valence-corrected chi connectivity index (χ1v) is 8.97. The molecule has 0 saturated carbocycles. The van der Waals surface area contributed by atoms with Gasteiger partial charge in [0, 0.05) is 6.54 Å². The Morgan fingerprint density at radius 2 is 1.91 bits per heavy atom. The highest BCUT2D eigenvalue weighted by molar-refractivity contribution is 7.92. The van der Waals surface area contributed by atoms with E-state index in [0.29, 0.717) is 18.4 Å². The van der Waals surface area contributed by atoms with Gasteiger partial charge in [0.15, 0.2) is 0 Å². The van der Waals surface area contributed by atoms with E-state index >= 15 is 0 Å². The summed E-state index contributed by atoms with van der Waals surface area (Å²) in [5.74, 6) is -0.0491. The van der Waals surface area contributed by atoms with Crippen LogP contribution in [-0.4, -0.2) is 38.5 Å². The van der Waals surface area contributed by atoms with Gasteiger partial charge in [0.1, 0.15) is 0 Å². The fourth-order valence-corrected chi connectivity index (χ4v) is 4.23. The smallest absolute Gasteiger partial charge is 0.300 e. The second kappa shape index (κ2) is 6.83. The molecule has 23 heavy (non-hydrogen) atoms. The molecule has 1 fully saturated rings. The number of alkyl halides is 3. The van der Waals surface area contributed by atoms with E-state index in [-0.39, 0.29) is 10.9 Å². The van der Waals surface area contributed by atoms with Crippen LogP contribution in [0.2, 0.25) is 5.02 Å². The molecule has 1 aliphatic rings. The van der Waals surface area contributed by atoms with Crippen molar-refractivity contribution in [3.05, 3.63) is 41.4 Å². The molecular weight excluding hydrogens is 351 g/mol. The Hall–Kier alpha value is -1.05. The van der Waals surface area contributed by atoms with Crippen molar-refractivity contribution in [1.82, 2.24) is 4.90 Å². The number of nitrogens with zero attached hydrogens (tertiary/aromatic N) is 1. The second-order valence-electron chi connectivity index (χ2n) is 5.47. The number of hydrogen-bond acceptors (Lipinski definition) is 3. The number of rotatable bonds is 4. The third kappa shape index (κ3) is 3.72. The predicted molar refractivity (Wildman–Crippen MR) is 83.3 cm³/mol. The van der Waals surface area contributed by atoms with Gasteiger partial charge in [-0.25, -0.2) is 8.42 Å². The summed E-state index contributed by atoms with van der Waals surface area (Å²) >= 11 is 6.02. The maximum Gasteiger partial charge on any atom is 0.501 e. The van der Waals surface area contributed by atoms with Gasteiger partial charge in [-0.1, -0.05) is 29.8 Å². The van der Waals surface area contributed by atoms with Crippen molar-refractivity contribution in [3.8, 4) is 0 Å². The molecule has 0 amide bonds. The largest absolute Gasteiger partial charge is 0.501 e. The Labute approximate surface area is 138 Å². The fraction of sp³-hybridized carbons (Fsp3) is 0.467. The Morgan fingerprint density at radius 3 is 2.43 bits per heavy atom. The van der Waals surface area contributed by atoms with E-state index in [4.69, 9.17) is 11.6 Å². The highest BCUT2D eigenvalue weighted by Gasteiger charge is 2.48. The van der Waals surface area contributed by atoms with E-state index in [9.17, 15) is 21.6 Å². The van der Waals surface area contributed by atoms with Crippen LogP contribution in [0.4, 0.5) is 13.2 Å². The number of sulfone groups is 1. The molecule has 128 valence electrons. The molecule has 0 aromatic heterocycles. The molecule has 1 saturated heterocycles. The van der Waals surface area contributed by atoms with Gasteiger partial charge >= 0.3 is 5.51 Å². The molecule has 0 unspecified atom stereocenters. The lowest BCUT2D eigenvalue weighted by molar-refractivity contribution is -0.0436. The van der Waals surface area contributed by atoms with Crippen molar-refractivity contribution in [1.29, 1.82) is 0 Å². The van der Waals surface area contributed by atoms with E-state index in [0.717, 1.165) is 25.7 Å². The molecule has 0 N–H and O–H groups in total. The molecule has 2 rings (SSSR count). The lowest BCUT2D eigenvalue weighted by atomic mass is 9.89.